The average molecular weight is 524 g/mol. The van der Waals surface area contributed by atoms with E-state index in [4.69, 9.17) is 0 Å². The van der Waals surface area contributed by atoms with Crippen molar-refractivity contribution in [1.29, 1.82) is 0 Å². The second-order valence-electron chi connectivity index (χ2n) is 10.2. The summed E-state index contributed by atoms with van der Waals surface area (Å²) < 4.78 is 0. The monoisotopic (exact) mass is 523 g/mol. The maximum Gasteiger partial charge on any atom is 0.262 e. The third-order valence-electron chi connectivity index (χ3n) is 7.80. The first-order valence-electron chi connectivity index (χ1n) is 13.3. The minimum atomic E-state index is -0.955. The van der Waals surface area contributed by atoms with Crippen molar-refractivity contribution in [3.8, 4) is 0 Å². The number of hydrogen-bond donors (Lipinski definition) is 1. The third kappa shape index (κ3) is 4.86. The van der Waals surface area contributed by atoms with Gasteiger partial charge in [-0.2, -0.15) is 0 Å². The van der Waals surface area contributed by atoms with E-state index in [0.717, 1.165) is 36.6 Å². The number of imide groups is 2. The molecule has 2 atom stereocenters. The SMILES string of the molecule is O=C1CCC(N2C(=O)c3ccc(CN4CCN(C(c5ccccc5)c5cccnc5)CC4)cc3C2=O)C(=O)N1. The fraction of sp³-hybridized carbons (Fsp3) is 0.300. The number of pyridine rings is 1. The lowest BCUT2D eigenvalue weighted by atomic mass is 9.97. The second-order valence-corrected chi connectivity index (χ2v) is 10.2. The van der Waals surface area contributed by atoms with Crippen molar-refractivity contribution in [2.45, 2.75) is 31.5 Å². The maximum atomic E-state index is 13.2. The van der Waals surface area contributed by atoms with Crippen molar-refractivity contribution in [3.05, 3.63) is 101 Å². The van der Waals surface area contributed by atoms with Crippen LogP contribution in [0.15, 0.2) is 73.1 Å². The Morgan fingerprint density at radius 3 is 2.31 bits per heavy atom. The molecule has 39 heavy (non-hydrogen) atoms. The molecule has 2 aromatic carbocycles. The predicted molar refractivity (Wildman–Crippen MR) is 142 cm³/mol. The number of nitrogens with zero attached hydrogens (tertiary/aromatic N) is 4. The molecule has 1 N–H and O–H groups in total. The van der Waals surface area contributed by atoms with E-state index in [0.29, 0.717) is 17.7 Å². The quantitative estimate of drug-likeness (QED) is 0.495. The van der Waals surface area contributed by atoms with E-state index < -0.39 is 23.8 Å². The molecule has 9 heteroatoms. The minimum Gasteiger partial charge on any atom is -0.297 e. The Labute approximate surface area is 226 Å². The maximum absolute atomic E-state index is 13.2. The molecule has 3 aliphatic heterocycles. The molecule has 3 aromatic rings. The lowest BCUT2D eigenvalue weighted by molar-refractivity contribution is -0.136. The first-order chi connectivity index (χ1) is 19.0. The van der Waals surface area contributed by atoms with E-state index in [1.54, 1.807) is 18.3 Å². The van der Waals surface area contributed by atoms with Gasteiger partial charge in [-0.05, 0) is 41.3 Å². The highest BCUT2D eigenvalue weighted by Crippen LogP contribution is 2.31. The van der Waals surface area contributed by atoms with Gasteiger partial charge in [-0.15, -0.1) is 0 Å². The lowest BCUT2D eigenvalue weighted by Gasteiger charge is -2.39. The highest BCUT2D eigenvalue weighted by Gasteiger charge is 2.44. The van der Waals surface area contributed by atoms with Crippen LogP contribution in [0.4, 0.5) is 0 Å². The smallest absolute Gasteiger partial charge is 0.262 e. The summed E-state index contributed by atoms with van der Waals surface area (Å²) >= 11 is 0. The molecule has 2 saturated heterocycles. The van der Waals surface area contributed by atoms with Gasteiger partial charge < -0.3 is 0 Å². The average Bonchev–Trinajstić information content (AvgIpc) is 3.20. The summed E-state index contributed by atoms with van der Waals surface area (Å²) in [4.78, 5) is 60.2. The predicted octanol–water partition coefficient (Wildman–Crippen LogP) is 2.39. The van der Waals surface area contributed by atoms with Crippen molar-refractivity contribution in [3.63, 3.8) is 0 Å². The van der Waals surface area contributed by atoms with E-state index in [1.165, 1.54) is 11.1 Å². The van der Waals surface area contributed by atoms with Crippen LogP contribution < -0.4 is 5.32 Å². The Bertz CT molecular complexity index is 1380. The molecule has 2 fully saturated rings. The van der Waals surface area contributed by atoms with E-state index in [-0.39, 0.29) is 24.8 Å². The molecule has 2 unspecified atom stereocenters. The van der Waals surface area contributed by atoms with Crippen molar-refractivity contribution < 1.29 is 19.2 Å². The zero-order valence-electron chi connectivity index (χ0n) is 21.5. The summed E-state index contributed by atoms with van der Waals surface area (Å²) in [5.74, 6) is -1.94. The van der Waals surface area contributed by atoms with Crippen molar-refractivity contribution in [1.82, 2.24) is 25.0 Å². The third-order valence-corrected chi connectivity index (χ3v) is 7.80. The molecule has 3 aliphatic rings. The number of piperidine rings is 1. The molecule has 0 aliphatic carbocycles. The van der Waals surface area contributed by atoms with Gasteiger partial charge in [0.05, 0.1) is 17.2 Å². The fourth-order valence-electron chi connectivity index (χ4n) is 5.84. The van der Waals surface area contributed by atoms with Crippen molar-refractivity contribution in [2.75, 3.05) is 26.2 Å². The number of fused-ring (bicyclic) bond motifs is 1. The largest absolute Gasteiger partial charge is 0.297 e. The number of piperazine rings is 1. The number of nitrogens with one attached hydrogen (secondary N) is 1. The van der Waals surface area contributed by atoms with Crippen LogP contribution in [0.1, 0.15) is 56.3 Å². The van der Waals surface area contributed by atoms with Crippen LogP contribution in [-0.2, 0) is 16.1 Å². The van der Waals surface area contributed by atoms with Gasteiger partial charge in [-0.25, -0.2) is 0 Å². The molecule has 4 amide bonds. The highest BCUT2D eigenvalue weighted by atomic mass is 16.2. The van der Waals surface area contributed by atoms with E-state index in [9.17, 15) is 19.2 Å². The Hall–Kier alpha value is -4.21. The van der Waals surface area contributed by atoms with E-state index in [2.05, 4.69) is 50.4 Å². The van der Waals surface area contributed by atoms with Crippen molar-refractivity contribution >= 4 is 23.6 Å². The van der Waals surface area contributed by atoms with Crippen LogP contribution in [0.5, 0.6) is 0 Å². The summed E-state index contributed by atoms with van der Waals surface area (Å²) in [5, 5.41) is 2.23. The number of rotatable bonds is 6. The van der Waals surface area contributed by atoms with Gasteiger partial charge in [-0.3, -0.25) is 44.2 Å². The van der Waals surface area contributed by atoms with Crippen LogP contribution in [0.25, 0.3) is 0 Å². The van der Waals surface area contributed by atoms with Crippen molar-refractivity contribution in [2.24, 2.45) is 0 Å². The second kappa shape index (κ2) is 10.5. The Kier molecular flexibility index (Phi) is 6.76. The standard InChI is InChI=1S/C30H29N5O4/c36-26-11-10-25(28(37)32-26)35-29(38)23-9-8-20(17-24(23)30(35)39)19-33-13-15-34(16-14-33)27(21-5-2-1-3-6-21)22-7-4-12-31-18-22/h1-9,12,17-18,25,27H,10-11,13-16,19H2,(H,32,36,37). The molecule has 0 spiro atoms. The van der Waals surface area contributed by atoms with Crippen LogP contribution in [0.2, 0.25) is 0 Å². The van der Waals surface area contributed by atoms with Crippen LogP contribution in [0, 0.1) is 0 Å². The molecule has 0 saturated carbocycles. The van der Waals surface area contributed by atoms with Crippen LogP contribution in [-0.4, -0.2) is 75.5 Å². The Balaban J connectivity index is 1.14. The molecule has 9 nitrogen and oxygen atoms in total. The summed E-state index contributed by atoms with van der Waals surface area (Å²) in [6.45, 7) is 4.12. The molecule has 0 bridgehead atoms. The molecule has 1 aromatic heterocycles. The van der Waals surface area contributed by atoms with Gasteiger partial charge >= 0.3 is 0 Å². The van der Waals surface area contributed by atoms with E-state index in [1.807, 2.05) is 24.4 Å². The minimum absolute atomic E-state index is 0.104. The van der Waals surface area contributed by atoms with Gasteiger partial charge in [0.2, 0.25) is 11.8 Å². The van der Waals surface area contributed by atoms with Crippen LogP contribution in [0.3, 0.4) is 0 Å². The number of carbonyl (C=O) groups excluding carboxylic acids is 4. The van der Waals surface area contributed by atoms with Gasteiger partial charge in [0.15, 0.2) is 0 Å². The number of amides is 4. The number of hydrogen-bond acceptors (Lipinski definition) is 7. The summed E-state index contributed by atoms with van der Waals surface area (Å²) in [5.41, 5.74) is 3.98. The summed E-state index contributed by atoms with van der Waals surface area (Å²) in [6, 6.07) is 19.1. The number of aromatic nitrogens is 1. The molecule has 6 rings (SSSR count). The zero-order valence-corrected chi connectivity index (χ0v) is 21.5. The first kappa shape index (κ1) is 25.1. The summed E-state index contributed by atoms with van der Waals surface area (Å²) in [6.07, 6.45) is 3.98. The highest BCUT2D eigenvalue weighted by molar-refractivity contribution is 6.23. The molecule has 198 valence electrons. The molecule has 0 radical (unpaired) electrons. The van der Waals surface area contributed by atoms with E-state index >= 15 is 0 Å². The number of carbonyl (C=O) groups is 4. The zero-order chi connectivity index (χ0) is 26.9. The Morgan fingerprint density at radius 2 is 1.59 bits per heavy atom. The van der Waals surface area contributed by atoms with Crippen LogP contribution >= 0.6 is 0 Å². The topological polar surface area (TPSA) is 103 Å². The first-order valence-corrected chi connectivity index (χ1v) is 13.3. The molecule has 4 heterocycles. The Morgan fingerprint density at radius 1 is 0.846 bits per heavy atom. The number of benzene rings is 2. The summed E-state index contributed by atoms with van der Waals surface area (Å²) in [7, 11) is 0. The van der Waals surface area contributed by atoms with Gasteiger partial charge in [0, 0.05) is 51.5 Å². The normalized spacial score (nSPS) is 21.1. The van der Waals surface area contributed by atoms with Gasteiger partial charge in [-0.1, -0.05) is 42.5 Å². The van der Waals surface area contributed by atoms with Gasteiger partial charge in [0.25, 0.3) is 11.8 Å². The fourth-order valence-corrected chi connectivity index (χ4v) is 5.84. The molecular weight excluding hydrogens is 494 g/mol. The van der Waals surface area contributed by atoms with Gasteiger partial charge in [0.1, 0.15) is 6.04 Å². The lowest BCUT2D eigenvalue weighted by Crippen LogP contribution is -2.54. The molecular formula is C30H29N5O4.